The fraction of sp³-hybridized carbons (Fsp3) is 0.889. The Hall–Kier alpha value is -0.410. The zero-order chi connectivity index (χ0) is 8.97. The smallest absolute Gasteiger partial charge is 0.137 e. The molecule has 0 saturated heterocycles. The van der Waals surface area contributed by atoms with Gasteiger partial charge >= 0.3 is 0 Å². The van der Waals surface area contributed by atoms with E-state index in [0.717, 1.165) is 19.3 Å². The topological polar surface area (TPSA) is 52.3 Å². The monoisotopic (exact) mass is 171 g/mol. The summed E-state index contributed by atoms with van der Waals surface area (Å²) in [7, 11) is 1.65. The highest BCUT2D eigenvalue weighted by Gasteiger charge is 2.29. The van der Waals surface area contributed by atoms with Crippen LogP contribution in [0.2, 0.25) is 0 Å². The SMILES string of the molecule is COCCC(N)CC(=O)C1CC1. The average Bonchev–Trinajstić information content (AvgIpc) is 2.82. The quantitative estimate of drug-likeness (QED) is 0.640. The van der Waals surface area contributed by atoms with Crippen molar-refractivity contribution in [2.75, 3.05) is 13.7 Å². The maximum Gasteiger partial charge on any atom is 0.137 e. The first-order valence-corrected chi connectivity index (χ1v) is 4.51. The van der Waals surface area contributed by atoms with Crippen LogP contribution >= 0.6 is 0 Å². The number of carbonyl (C=O) groups excluding carboxylic acids is 1. The van der Waals surface area contributed by atoms with Crippen molar-refractivity contribution in [3.8, 4) is 0 Å². The number of ether oxygens (including phenoxy) is 1. The van der Waals surface area contributed by atoms with Crippen LogP contribution in [0.3, 0.4) is 0 Å². The number of methoxy groups -OCH3 is 1. The average molecular weight is 171 g/mol. The van der Waals surface area contributed by atoms with Crippen LogP contribution in [-0.2, 0) is 9.53 Å². The second-order valence-electron chi connectivity index (χ2n) is 3.49. The van der Waals surface area contributed by atoms with Crippen LogP contribution in [-0.4, -0.2) is 25.5 Å². The third-order valence-corrected chi connectivity index (χ3v) is 2.19. The molecular weight excluding hydrogens is 154 g/mol. The van der Waals surface area contributed by atoms with Crippen molar-refractivity contribution in [2.45, 2.75) is 31.7 Å². The van der Waals surface area contributed by atoms with Crippen molar-refractivity contribution in [2.24, 2.45) is 11.7 Å². The number of hydrogen-bond acceptors (Lipinski definition) is 3. The molecule has 3 heteroatoms. The number of carbonyl (C=O) groups is 1. The second-order valence-corrected chi connectivity index (χ2v) is 3.49. The highest BCUT2D eigenvalue weighted by atomic mass is 16.5. The zero-order valence-electron chi connectivity index (χ0n) is 7.58. The first-order valence-electron chi connectivity index (χ1n) is 4.51. The lowest BCUT2D eigenvalue weighted by Crippen LogP contribution is -2.25. The van der Waals surface area contributed by atoms with E-state index in [4.69, 9.17) is 10.5 Å². The van der Waals surface area contributed by atoms with E-state index in [9.17, 15) is 4.79 Å². The van der Waals surface area contributed by atoms with E-state index in [2.05, 4.69) is 0 Å². The van der Waals surface area contributed by atoms with Gasteiger partial charge in [-0.2, -0.15) is 0 Å². The summed E-state index contributed by atoms with van der Waals surface area (Å²) in [6.07, 6.45) is 3.48. The lowest BCUT2D eigenvalue weighted by Gasteiger charge is -2.08. The van der Waals surface area contributed by atoms with Crippen LogP contribution in [0.1, 0.15) is 25.7 Å². The molecule has 0 aromatic carbocycles. The predicted octanol–water partition coefficient (Wildman–Crippen LogP) is 0.719. The van der Waals surface area contributed by atoms with Crippen LogP contribution in [0.15, 0.2) is 0 Å². The van der Waals surface area contributed by atoms with Gasteiger partial charge in [-0.15, -0.1) is 0 Å². The van der Waals surface area contributed by atoms with E-state index in [-0.39, 0.29) is 6.04 Å². The van der Waals surface area contributed by atoms with Crippen molar-refractivity contribution in [1.82, 2.24) is 0 Å². The molecule has 1 rings (SSSR count). The first-order chi connectivity index (χ1) is 5.74. The molecule has 0 heterocycles. The molecule has 1 unspecified atom stereocenters. The number of nitrogens with two attached hydrogens (primary N) is 1. The van der Waals surface area contributed by atoms with Gasteiger partial charge in [0.15, 0.2) is 0 Å². The Morgan fingerprint density at radius 3 is 2.83 bits per heavy atom. The summed E-state index contributed by atoms with van der Waals surface area (Å²) in [5, 5.41) is 0. The molecule has 2 N–H and O–H groups in total. The second kappa shape index (κ2) is 4.58. The van der Waals surface area contributed by atoms with E-state index in [1.165, 1.54) is 0 Å². The molecule has 1 aliphatic rings. The summed E-state index contributed by atoms with van der Waals surface area (Å²) >= 11 is 0. The minimum absolute atomic E-state index is 0.00181. The fourth-order valence-corrected chi connectivity index (χ4v) is 1.20. The lowest BCUT2D eigenvalue weighted by atomic mass is 10.1. The summed E-state index contributed by atoms with van der Waals surface area (Å²) in [6, 6.07) is -0.00181. The Kier molecular flexibility index (Phi) is 3.69. The molecule has 1 aliphatic carbocycles. The van der Waals surface area contributed by atoms with Crippen molar-refractivity contribution in [3.05, 3.63) is 0 Å². The Morgan fingerprint density at radius 1 is 1.67 bits per heavy atom. The van der Waals surface area contributed by atoms with Gasteiger partial charge in [-0.25, -0.2) is 0 Å². The molecule has 1 atom stereocenters. The maximum absolute atomic E-state index is 11.3. The Balaban J connectivity index is 2.07. The summed E-state index contributed by atoms with van der Waals surface area (Å²) in [5.41, 5.74) is 5.73. The zero-order valence-corrected chi connectivity index (χ0v) is 7.58. The van der Waals surface area contributed by atoms with Gasteiger partial charge in [0.25, 0.3) is 0 Å². The minimum atomic E-state index is -0.00181. The highest BCUT2D eigenvalue weighted by molar-refractivity contribution is 5.83. The molecule has 70 valence electrons. The van der Waals surface area contributed by atoms with E-state index < -0.39 is 0 Å². The van der Waals surface area contributed by atoms with E-state index in [1.54, 1.807) is 7.11 Å². The van der Waals surface area contributed by atoms with Crippen molar-refractivity contribution in [3.63, 3.8) is 0 Å². The predicted molar refractivity (Wildman–Crippen MR) is 46.8 cm³/mol. The number of rotatable bonds is 6. The molecular formula is C9H17NO2. The summed E-state index contributed by atoms with van der Waals surface area (Å²) in [6.45, 7) is 0.652. The molecule has 0 aromatic heterocycles. The van der Waals surface area contributed by atoms with Gasteiger partial charge < -0.3 is 10.5 Å². The Labute approximate surface area is 73.3 Å². The van der Waals surface area contributed by atoms with Crippen LogP contribution in [0.25, 0.3) is 0 Å². The number of ketones is 1. The van der Waals surface area contributed by atoms with Gasteiger partial charge in [0, 0.05) is 32.1 Å². The molecule has 3 nitrogen and oxygen atoms in total. The molecule has 0 spiro atoms. The third kappa shape index (κ3) is 3.32. The molecule has 1 saturated carbocycles. The fourth-order valence-electron chi connectivity index (χ4n) is 1.20. The maximum atomic E-state index is 11.3. The van der Waals surface area contributed by atoms with Crippen molar-refractivity contribution >= 4 is 5.78 Å². The van der Waals surface area contributed by atoms with Crippen molar-refractivity contribution in [1.29, 1.82) is 0 Å². The molecule has 1 fully saturated rings. The van der Waals surface area contributed by atoms with Crippen molar-refractivity contribution < 1.29 is 9.53 Å². The van der Waals surface area contributed by atoms with Crippen LogP contribution in [0.5, 0.6) is 0 Å². The lowest BCUT2D eigenvalue weighted by molar-refractivity contribution is -0.120. The Morgan fingerprint density at radius 2 is 2.33 bits per heavy atom. The number of hydrogen-bond donors (Lipinski definition) is 1. The summed E-state index contributed by atoms with van der Waals surface area (Å²) < 4.78 is 4.88. The normalized spacial score (nSPS) is 19.2. The number of Topliss-reactive ketones (excluding diaryl/α,β-unsaturated/α-hetero) is 1. The Bertz CT molecular complexity index is 155. The van der Waals surface area contributed by atoms with Gasteiger partial charge in [0.1, 0.15) is 5.78 Å². The van der Waals surface area contributed by atoms with Gasteiger partial charge in [-0.1, -0.05) is 0 Å². The molecule has 0 radical (unpaired) electrons. The van der Waals surface area contributed by atoms with Crippen LogP contribution in [0.4, 0.5) is 0 Å². The van der Waals surface area contributed by atoms with E-state index in [0.29, 0.717) is 24.7 Å². The molecule has 0 bridgehead atoms. The van der Waals surface area contributed by atoms with Crippen LogP contribution in [0, 0.1) is 5.92 Å². The summed E-state index contributed by atoms with van der Waals surface area (Å²) in [4.78, 5) is 11.3. The van der Waals surface area contributed by atoms with Gasteiger partial charge in [-0.05, 0) is 19.3 Å². The standard InChI is InChI=1S/C9H17NO2/c1-12-5-4-8(10)6-9(11)7-2-3-7/h7-8H,2-6,10H2,1H3. The van der Waals surface area contributed by atoms with E-state index in [1.807, 2.05) is 0 Å². The molecule has 0 aliphatic heterocycles. The largest absolute Gasteiger partial charge is 0.385 e. The van der Waals surface area contributed by atoms with E-state index >= 15 is 0 Å². The molecule has 12 heavy (non-hydrogen) atoms. The minimum Gasteiger partial charge on any atom is -0.385 e. The van der Waals surface area contributed by atoms with Gasteiger partial charge in [0.05, 0.1) is 0 Å². The highest BCUT2D eigenvalue weighted by Crippen LogP contribution is 2.31. The first kappa shape index (κ1) is 9.68. The summed E-state index contributed by atoms with van der Waals surface area (Å²) in [5.74, 6) is 0.692. The van der Waals surface area contributed by atoms with Crippen LogP contribution < -0.4 is 5.73 Å². The third-order valence-electron chi connectivity index (χ3n) is 2.19. The molecule has 0 aromatic rings. The van der Waals surface area contributed by atoms with Gasteiger partial charge in [0.2, 0.25) is 0 Å². The van der Waals surface area contributed by atoms with Gasteiger partial charge in [-0.3, -0.25) is 4.79 Å². The molecule has 0 amide bonds.